The number of carboxylic acids is 3. The summed E-state index contributed by atoms with van der Waals surface area (Å²) in [5, 5.41) is 42.3. The molecule has 0 fully saturated rings. The lowest BCUT2D eigenvalue weighted by Gasteiger charge is -2.11. The van der Waals surface area contributed by atoms with Gasteiger partial charge in [0.2, 0.25) is 11.5 Å². The summed E-state index contributed by atoms with van der Waals surface area (Å²) < 4.78 is 0. The number of hydrogen-bond donors (Lipinski definition) is 3. The van der Waals surface area contributed by atoms with Crippen LogP contribution < -0.4 is 9.78 Å². The van der Waals surface area contributed by atoms with Crippen molar-refractivity contribution in [3.8, 4) is 11.5 Å². The van der Waals surface area contributed by atoms with Gasteiger partial charge in [-0.15, -0.1) is 0 Å². The minimum absolute atomic E-state index is 0.583. The van der Waals surface area contributed by atoms with E-state index < -0.39 is 46.1 Å². The van der Waals surface area contributed by atoms with E-state index in [1.165, 1.54) is 0 Å². The second-order valence-electron chi connectivity index (χ2n) is 3.36. The Kier molecular flexibility index (Phi) is 3.86. The third-order valence-electron chi connectivity index (χ3n) is 2.22. The van der Waals surface area contributed by atoms with E-state index >= 15 is 0 Å². The molecule has 1 heterocycles. The van der Waals surface area contributed by atoms with E-state index in [1.807, 2.05) is 0 Å². The maximum atomic E-state index is 11.2. The summed E-state index contributed by atoms with van der Waals surface area (Å²) in [5.74, 6) is -6.93. The van der Waals surface area contributed by atoms with Crippen LogP contribution in [0.2, 0.25) is 0 Å². The molecule has 12 nitrogen and oxygen atoms in total. The van der Waals surface area contributed by atoms with Gasteiger partial charge in [-0.1, -0.05) is 0 Å². The molecule has 112 valence electrons. The van der Waals surface area contributed by atoms with Crippen LogP contribution in [0.15, 0.2) is 6.07 Å². The van der Waals surface area contributed by atoms with Crippen LogP contribution in [0.1, 0.15) is 31.1 Å². The molecular weight excluding hydrogens is 300 g/mol. The predicted octanol–water partition coefficient (Wildman–Crippen LogP) is 0.194. The van der Waals surface area contributed by atoms with Crippen molar-refractivity contribution in [3.05, 3.63) is 22.8 Å². The molecule has 21 heavy (non-hydrogen) atoms. The molecule has 0 aromatic heterocycles. The molecule has 0 spiro atoms. The highest BCUT2D eigenvalue weighted by Crippen LogP contribution is 2.37. The van der Waals surface area contributed by atoms with Crippen LogP contribution in [0.5, 0.6) is 11.5 Å². The average molecular weight is 304 g/mol. The zero-order chi connectivity index (χ0) is 15.6. The Labute approximate surface area is 113 Å². The van der Waals surface area contributed by atoms with E-state index in [9.17, 15) is 14.4 Å². The van der Waals surface area contributed by atoms with Gasteiger partial charge in [-0.05, 0) is 6.07 Å². The van der Waals surface area contributed by atoms with Gasteiger partial charge in [0.05, 0.1) is 0 Å². The summed E-state index contributed by atoms with van der Waals surface area (Å²) in [6.45, 7) is 0. The summed E-state index contributed by atoms with van der Waals surface area (Å²) in [4.78, 5) is 42.0. The summed E-state index contributed by atoms with van der Waals surface area (Å²) >= 11 is 0. The van der Waals surface area contributed by atoms with Crippen molar-refractivity contribution in [2.45, 2.75) is 0 Å². The highest BCUT2D eigenvalue weighted by molar-refractivity contribution is 6.06. The first kappa shape index (κ1) is 14.5. The van der Waals surface area contributed by atoms with Crippen molar-refractivity contribution in [1.29, 1.82) is 0 Å². The lowest BCUT2D eigenvalue weighted by atomic mass is 10.0. The standard InChI is InChI=1S/C9H4O12/c10-7(11)2-1-3(8(12)13)6-4(9(14)15)5(2)16-18-20-21-19-17-6/h1H,(H,10,11)(H,12,13)(H,14,15). The maximum absolute atomic E-state index is 11.2. The highest BCUT2D eigenvalue weighted by Gasteiger charge is 2.33. The molecule has 0 aliphatic carbocycles. The van der Waals surface area contributed by atoms with Gasteiger partial charge in [0.25, 0.3) is 0 Å². The zero-order valence-electron chi connectivity index (χ0n) is 9.59. The molecule has 1 aromatic rings. The van der Waals surface area contributed by atoms with E-state index in [-0.39, 0.29) is 0 Å². The van der Waals surface area contributed by atoms with Crippen molar-refractivity contribution in [1.82, 2.24) is 0 Å². The molecule has 0 saturated heterocycles. The number of carboxylic acid groups (broad SMARTS) is 3. The molecule has 2 bridgehead atoms. The van der Waals surface area contributed by atoms with E-state index in [1.54, 1.807) is 0 Å². The third kappa shape index (κ3) is 2.67. The third-order valence-corrected chi connectivity index (χ3v) is 2.22. The number of aromatic carboxylic acids is 3. The number of benzene rings is 1. The van der Waals surface area contributed by atoms with Gasteiger partial charge in [-0.25, -0.2) is 14.4 Å². The SMILES string of the molecule is O=C(O)c1cc(C(=O)O)c2c(C(=O)O)c1OOOOOO2. The van der Waals surface area contributed by atoms with Gasteiger partial charge in [0.1, 0.15) is 11.1 Å². The smallest absolute Gasteiger partial charge is 0.343 e. The topological polar surface area (TPSA) is 167 Å². The van der Waals surface area contributed by atoms with Gasteiger partial charge in [0.15, 0.2) is 5.56 Å². The van der Waals surface area contributed by atoms with Crippen molar-refractivity contribution in [3.63, 3.8) is 0 Å². The van der Waals surface area contributed by atoms with Crippen LogP contribution in [0.3, 0.4) is 0 Å². The molecule has 12 heteroatoms. The van der Waals surface area contributed by atoms with Crippen LogP contribution in [0.4, 0.5) is 0 Å². The van der Waals surface area contributed by atoms with Gasteiger partial charge < -0.3 is 25.1 Å². The highest BCUT2D eigenvalue weighted by atomic mass is 17.8. The van der Waals surface area contributed by atoms with Gasteiger partial charge >= 0.3 is 17.9 Å². The van der Waals surface area contributed by atoms with E-state index in [2.05, 4.69) is 29.9 Å². The normalized spacial score (nSPS) is 13.9. The minimum Gasteiger partial charge on any atom is -0.478 e. The lowest BCUT2D eigenvalue weighted by molar-refractivity contribution is -0.731. The zero-order valence-corrected chi connectivity index (χ0v) is 9.59. The lowest BCUT2D eigenvalue weighted by Crippen LogP contribution is -2.14. The predicted molar refractivity (Wildman–Crippen MR) is 52.9 cm³/mol. The first-order valence-electron chi connectivity index (χ1n) is 4.85. The number of hydrogen-bond acceptors (Lipinski definition) is 9. The number of rotatable bonds is 3. The molecule has 0 atom stereocenters. The molecule has 1 aromatic carbocycles. The maximum Gasteiger partial charge on any atom is 0.343 e. The minimum atomic E-state index is -1.78. The summed E-state index contributed by atoms with van der Waals surface area (Å²) in [7, 11) is 0. The van der Waals surface area contributed by atoms with Gasteiger partial charge in [0, 0.05) is 20.2 Å². The van der Waals surface area contributed by atoms with E-state index in [0.717, 1.165) is 0 Å². The van der Waals surface area contributed by atoms with Crippen molar-refractivity contribution in [2.24, 2.45) is 0 Å². The van der Waals surface area contributed by atoms with Crippen molar-refractivity contribution in [2.75, 3.05) is 0 Å². The molecule has 1 aliphatic rings. The number of fused-ring (bicyclic) bond motifs is 2. The molecule has 3 N–H and O–H groups in total. The molecule has 1 aliphatic heterocycles. The Balaban J connectivity index is 2.82. The van der Waals surface area contributed by atoms with Gasteiger partial charge in [-0.2, -0.15) is 0 Å². The number of carbonyl (C=O) groups is 3. The van der Waals surface area contributed by atoms with Crippen LogP contribution in [-0.2, 0) is 20.2 Å². The van der Waals surface area contributed by atoms with Crippen molar-refractivity contribution < 1.29 is 59.6 Å². The first-order valence-corrected chi connectivity index (χ1v) is 4.85. The fraction of sp³-hybridized carbons (Fsp3) is 0. The first-order chi connectivity index (χ1) is 9.93. The van der Waals surface area contributed by atoms with Crippen LogP contribution in [-0.4, -0.2) is 33.2 Å². The van der Waals surface area contributed by atoms with Crippen LogP contribution in [0, 0.1) is 0 Å². The van der Waals surface area contributed by atoms with Gasteiger partial charge in [-0.3, -0.25) is 0 Å². The Hall–Kier alpha value is -2.93. The Bertz CT molecular complexity index is 575. The average Bonchev–Trinajstić information content (AvgIpc) is 2.47. The molecule has 0 saturated carbocycles. The largest absolute Gasteiger partial charge is 0.478 e. The fourth-order valence-electron chi connectivity index (χ4n) is 1.45. The second kappa shape index (κ2) is 5.59. The van der Waals surface area contributed by atoms with E-state index in [0.29, 0.717) is 6.07 Å². The fourth-order valence-corrected chi connectivity index (χ4v) is 1.45. The molecule has 0 unspecified atom stereocenters. The Morgan fingerprint density at radius 2 is 1.14 bits per heavy atom. The summed E-state index contributed by atoms with van der Waals surface area (Å²) in [6.07, 6.45) is 0. The van der Waals surface area contributed by atoms with Crippen LogP contribution in [0.25, 0.3) is 0 Å². The molecule has 0 amide bonds. The van der Waals surface area contributed by atoms with E-state index in [4.69, 9.17) is 15.3 Å². The Morgan fingerprint density at radius 1 is 0.714 bits per heavy atom. The van der Waals surface area contributed by atoms with Crippen LogP contribution >= 0.6 is 0 Å². The Morgan fingerprint density at radius 3 is 1.48 bits per heavy atom. The quantitative estimate of drug-likeness (QED) is 0.649. The second-order valence-corrected chi connectivity index (χ2v) is 3.36. The monoisotopic (exact) mass is 304 g/mol. The molecule has 0 radical (unpaired) electrons. The van der Waals surface area contributed by atoms with Crippen molar-refractivity contribution >= 4 is 17.9 Å². The summed E-state index contributed by atoms with van der Waals surface area (Å²) in [5.41, 5.74) is -2.65. The summed E-state index contributed by atoms with van der Waals surface area (Å²) in [6, 6.07) is 0.583. The molecular formula is C9H4O12. The molecule has 2 rings (SSSR count).